The van der Waals surface area contributed by atoms with Gasteiger partial charge in [-0.25, -0.2) is 0 Å². The Bertz CT molecular complexity index is 525. The number of hydrogen-bond donors (Lipinski definition) is 1. The first-order chi connectivity index (χ1) is 10.4. The normalized spacial score (nSPS) is 18.3. The molecule has 1 atom stereocenters. The van der Waals surface area contributed by atoms with E-state index in [1.807, 2.05) is 6.92 Å². The molecule has 0 radical (unpaired) electrons. The lowest BCUT2D eigenvalue weighted by Gasteiger charge is -2.16. The van der Waals surface area contributed by atoms with Crippen molar-refractivity contribution in [1.29, 1.82) is 0 Å². The van der Waals surface area contributed by atoms with Crippen molar-refractivity contribution in [2.24, 2.45) is 0 Å². The van der Waals surface area contributed by atoms with Gasteiger partial charge in [-0.1, -0.05) is 6.92 Å². The SMILES string of the molecule is CCCOc1ccc(C(F)(F)F)cc1NC(=O)C1CCCO1. The summed E-state index contributed by atoms with van der Waals surface area (Å²) >= 11 is 0. The highest BCUT2D eigenvalue weighted by Crippen LogP contribution is 2.35. The van der Waals surface area contributed by atoms with E-state index in [0.29, 0.717) is 26.1 Å². The molecule has 7 heteroatoms. The van der Waals surface area contributed by atoms with Gasteiger partial charge in [0.2, 0.25) is 0 Å². The van der Waals surface area contributed by atoms with Gasteiger partial charge >= 0.3 is 6.18 Å². The zero-order valence-electron chi connectivity index (χ0n) is 12.2. The molecule has 22 heavy (non-hydrogen) atoms. The second kappa shape index (κ2) is 7.00. The van der Waals surface area contributed by atoms with Crippen molar-refractivity contribution in [2.45, 2.75) is 38.5 Å². The highest BCUT2D eigenvalue weighted by atomic mass is 19.4. The summed E-state index contributed by atoms with van der Waals surface area (Å²) < 4.78 is 49.1. The van der Waals surface area contributed by atoms with Gasteiger partial charge in [-0.15, -0.1) is 0 Å². The zero-order valence-corrected chi connectivity index (χ0v) is 12.2. The molecule has 1 heterocycles. The van der Waals surface area contributed by atoms with Gasteiger partial charge in [0.25, 0.3) is 5.91 Å². The minimum Gasteiger partial charge on any atom is -0.491 e. The van der Waals surface area contributed by atoms with E-state index in [0.717, 1.165) is 18.6 Å². The lowest BCUT2D eigenvalue weighted by Crippen LogP contribution is -2.27. The van der Waals surface area contributed by atoms with Crippen molar-refractivity contribution >= 4 is 11.6 Å². The lowest BCUT2D eigenvalue weighted by molar-refractivity contribution is -0.137. The number of hydrogen-bond acceptors (Lipinski definition) is 3. The van der Waals surface area contributed by atoms with Gasteiger partial charge in [-0.05, 0) is 37.5 Å². The Hall–Kier alpha value is -1.76. The number of nitrogens with one attached hydrogen (secondary N) is 1. The summed E-state index contributed by atoms with van der Waals surface area (Å²) in [6, 6.07) is 3.05. The van der Waals surface area contributed by atoms with Crippen LogP contribution in [0.5, 0.6) is 5.75 Å². The molecule has 0 spiro atoms. The minimum atomic E-state index is -4.48. The van der Waals surface area contributed by atoms with E-state index in [1.165, 1.54) is 6.07 Å². The second-order valence-electron chi connectivity index (χ2n) is 5.05. The van der Waals surface area contributed by atoms with Crippen LogP contribution in [0.3, 0.4) is 0 Å². The van der Waals surface area contributed by atoms with E-state index in [-0.39, 0.29) is 11.4 Å². The van der Waals surface area contributed by atoms with Crippen LogP contribution < -0.4 is 10.1 Å². The zero-order chi connectivity index (χ0) is 16.2. The molecule has 1 aliphatic heterocycles. The van der Waals surface area contributed by atoms with Crippen LogP contribution in [-0.2, 0) is 15.7 Å². The van der Waals surface area contributed by atoms with E-state index >= 15 is 0 Å². The highest BCUT2D eigenvalue weighted by molar-refractivity contribution is 5.95. The van der Waals surface area contributed by atoms with Gasteiger partial charge in [0.1, 0.15) is 11.9 Å². The van der Waals surface area contributed by atoms with Crippen molar-refractivity contribution in [3.63, 3.8) is 0 Å². The number of benzene rings is 1. The molecule has 1 aromatic rings. The molecule has 0 bridgehead atoms. The van der Waals surface area contributed by atoms with Gasteiger partial charge in [0, 0.05) is 6.61 Å². The lowest BCUT2D eigenvalue weighted by atomic mass is 10.1. The maximum atomic E-state index is 12.8. The number of amides is 1. The van der Waals surface area contributed by atoms with E-state index in [9.17, 15) is 18.0 Å². The third-order valence-corrected chi connectivity index (χ3v) is 3.25. The van der Waals surface area contributed by atoms with E-state index in [2.05, 4.69) is 5.32 Å². The van der Waals surface area contributed by atoms with Gasteiger partial charge < -0.3 is 14.8 Å². The van der Waals surface area contributed by atoms with Crippen LogP contribution in [0.25, 0.3) is 0 Å². The van der Waals surface area contributed by atoms with Crippen LogP contribution in [0.1, 0.15) is 31.7 Å². The number of halogens is 3. The molecule has 1 aliphatic rings. The van der Waals surface area contributed by atoms with Crippen molar-refractivity contribution in [2.75, 3.05) is 18.5 Å². The summed E-state index contributed by atoms with van der Waals surface area (Å²) in [4.78, 5) is 12.0. The maximum absolute atomic E-state index is 12.8. The monoisotopic (exact) mass is 317 g/mol. The smallest absolute Gasteiger partial charge is 0.416 e. The summed E-state index contributed by atoms with van der Waals surface area (Å²) in [5.74, 6) is -0.223. The average Bonchev–Trinajstić information content (AvgIpc) is 2.99. The fraction of sp³-hybridized carbons (Fsp3) is 0.533. The number of carbonyl (C=O) groups excluding carboxylic acids is 1. The van der Waals surface area contributed by atoms with Crippen molar-refractivity contribution in [3.05, 3.63) is 23.8 Å². The first-order valence-electron chi connectivity index (χ1n) is 7.18. The Morgan fingerprint density at radius 1 is 1.45 bits per heavy atom. The molecule has 1 fully saturated rings. The molecule has 0 aromatic heterocycles. The average molecular weight is 317 g/mol. The van der Waals surface area contributed by atoms with Crippen LogP contribution in [0.2, 0.25) is 0 Å². The number of alkyl halides is 3. The molecule has 1 amide bonds. The minimum absolute atomic E-state index is 0.0174. The summed E-state index contributed by atoms with van der Waals surface area (Å²) in [7, 11) is 0. The fourth-order valence-electron chi connectivity index (χ4n) is 2.14. The van der Waals surface area contributed by atoms with Gasteiger partial charge in [0.05, 0.1) is 17.9 Å². The molecule has 0 aliphatic carbocycles. The van der Waals surface area contributed by atoms with E-state index in [1.54, 1.807) is 0 Å². The van der Waals surface area contributed by atoms with E-state index in [4.69, 9.17) is 9.47 Å². The van der Waals surface area contributed by atoms with Crippen LogP contribution in [0.15, 0.2) is 18.2 Å². The van der Waals surface area contributed by atoms with Gasteiger partial charge in [-0.3, -0.25) is 4.79 Å². The molecular weight excluding hydrogens is 299 g/mol. The number of rotatable bonds is 5. The molecule has 0 saturated carbocycles. The maximum Gasteiger partial charge on any atom is 0.416 e. The molecule has 2 rings (SSSR count). The standard InChI is InChI=1S/C15H18F3NO3/c1-2-7-21-12-6-5-10(15(16,17)18)9-11(12)19-14(20)13-4-3-8-22-13/h5-6,9,13H,2-4,7-8H2,1H3,(H,19,20). The Labute approximate surface area is 126 Å². The predicted octanol–water partition coefficient (Wildman–Crippen LogP) is 3.61. The molecular formula is C15H18F3NO3. The fourth-order valence-corrected chi connectivity index (χ4v) is 2.14. The molecule has 1 unspecified atom stereocenters. The summed E-state index contributed by atoms with van der Waals surface area (Å²) in [6.07, 6.45) is -3.06. The van der Waals surface area contributed by atoms with Crippen LogP contribution >= 0.6 is 0 Å². The largest absolute Gasteiger partial charge is 0.491 e. The summed E-state index contributed by atoms with van der Waals surface area (Å²) in [6.45, 7) is 2.72. The Morgan fingerprint density at radius 2 is 2.23 bits per heavy atom. The van der Waals surface area contributed by atoms with Crippen molar-refractivity contribution < 1.29 is 27.4 Å². The second-order valence-corrected chi connectivity index (χ2v) is 5.05. The van der Waals surface area contributed by atoms with E-state index < -0.39 is 23.8 Å². The number of carbonyl (C=O) groups is 1. The first kappa shape index (κ1) is 16.6. The molecule has 1 saturated heterocycles. The first-order valence-corrected chi connectivity index (χ1v) is 7.18. The van der Waals surface area contributed by atoms with Crippen LogP contribution in [0.4, 0.5) is 18.9 Å². The molecule has 1 aromatic carbocycles. The Morgan fingerprint density at radius 3 is 2.82 bits per heavy atom. The molecule has 122 valence electrons. The number of anilines is 1. The summed E-state index contributed by atoms with van der Waals surface area (Å²) in [5.41, 5.74) is -0.817. The third-order valence-electron chi connectivity index (χ3n) is 3.25. The predicted molar refractivity (Wildman–Crippen MR) is 74.8 cm³/mol. The molecule has 1 N–H and O–H groups in total. The third kappa shape index (κ3) is 4.13. The topological polar surface area (TPSA) is 47.6 Å². The van der Waals surface area contributed by atoms with Gasteiger partial charge in [-0.2, -0.15) is 13.2 Å². The molecule has 4 nitrogen and oxygen atoms in total. The Balaban J connectivity index is 2.21. The number of ether oxygens (including phenoxy) is 2. The van der Waals surface area contributed by atoms with Crippen molar-refractivity contribution in [1.82, 2.24) is 0 Å². The van der Waals surface area contributed by atoms with Gasteiger partial charge in [0.15, 0.2) is 0 Å². The Kier molecular flexibility index (Phi) is 5.28. The van der Waals surface area contributed by atoms with Crippen LogP contribution in [-0.4, -0.2) is 25.2 Å². The summed E-state index contributed by atoms with van der Waals surface area (Å²) in [5, 5.41) is 2.48. The van der Waals surface area contributed by atoms with Crippen molar-refractivity contribution in [3.8, 4) is 5.75 Å². The van der Waals surface area contributed by atoms with Crippen LogP contribution in [0, 0.1) is 0 Å². The highest BCUT2D eigenvalue weighted by Gasteiger charge is 2.32. The quantitative estimate of drug-likeness (QED) is 0.902.